The van der Waals surface area contributed by atoms with Gasteiger partial charge in [-0.2, -0.15) is 0 Å². The molecule has 3 N–H and O–H groups in total. The van der Waals surface area contributed by atoms with Gasteiger partial charge < -0.3 is 10.8 Å². The molecule has 1 aromatic carbocycles. The van der Waals surface area contributed by atoms with Crippen molar-refractivity contribution in [1.29, 1.82) is 0 Å². The molecule has 2 nitrogen and oxygen atoms in total. The van der Waals surface area contributed by atoms with Gasteiger partial charge in [-0.15, -0.1) is 0 Å². The third-order valence-corrected chi connectivity index (χ3v) is 1.81. The van der Waals surface area contributed by atoms with E-state index in [2.05, 4.69) is 0 Å². The number of hydrogen-bond donors (Lipinski definition) is 2. The molecule has 0 bridgehead atoms. The Morgan fingerprint density at radius 2 is 1.92 bits per heavy atom. The average molecular weight is 165 g/mol. The lowest BCUT2D eigenvalue weighted by atomic mass is 10.1. The van der Waals surface area contributed by atoms with Crippen LogP contribution in [0.1, 0.15) is 12.0 Å². The fourth-order valence-electron chi connectivity index (χ4n) is 1.18. The molecule has 1 rings (SSSR count). The molecule has 1 unspecified atom stereocenters. The number of aliphatic hydroxyl groups is 1. The van der Waals surface area contributed by atoms with E-state index in [1.165, 1.54) is 5.56 Å². The number of nitrogens with two attached hydrogens (primary N) is 1. The van der Waals surface area contributed by atoms with Crippen LogP contribution in [0.25, 0.3) is 0 Å². The molecular formula is C10H15NO. The maximum absolute atomic E-state index is 9.42. The maximum Gasteiger partial charge on any atom is 0.0592 e. The van der Waals surface area contributed by atoms with E-state index >= 15 is 0 Å². The van der Waals surface area contributed by atoms with Gasteiger partial charge in [0.2, 0.25) is 0 Å². The molecule has 1 atom stereocenters. The van der Waals surface area contributed by atoms with Gasteiger partial charge in [0.25, 0.3) is 0 Å². The Hall–Kier alpha value is -0.860. The monoisotopic (exact) mass is 165 g/mol. The van der Waals surface area contributed by atoms with Gasteiger partial charge in [-0.3, -0.25) is 0 Å². The van der Waals surface area contributed by atoms with Crippen LogP contribution in [0, 0.1) is 0 Å². The first-order chi connectivity index (χ1) is 5.83. The molecule has 2 heteroatoms. The van der Waals surface area contributed by atoms with Crippen molar-refractivity contribution in [2.75, 3.05) is 6.54 Å². The van der Waals surface area contributed by atoms with Gasteiger partial charge in [-0.1, -0.05) is 30.3 Å². The van der Waals surface area contributed by atoms with Gasteiger partial charge in [0.05, 0.1) is 6.10 Å². The summed E-state index contributed by atoms with van der Waals surface area (Å²) in [7, 11) is 0. The quantitative estimate of drug-likeness (QED) is 0.697. The first-order valence-electron chi connectivity index (χ1n) is 4.25. The first kappa shape index (κ1) is 9.23. The van der Waals surface area contributed by atoms with E-state index in [0.29, 0.717) is 19.4 Å². The van der Waals surface area contributed by atoms with Crippen LogP contribution in [0.5, 0.6) is 0 Å². The Labute approximate surface area is 73.0 Å². The highest BCUT2D eigenvalue weighted by Crippen LogP contribution is 2.04. The van der Waals surface area contributed by atoms with Crippen molar-refractivity contribution in [3.8, 4) is 0 Å². The molecule has 12 heavy (non-hydrogen) atoms. The fraction of sp³-hybridized carbons (Fsp3) is 0.400. The van der Waals surface area contributed by atoms with E-state index < -0.39 is 0 Å². The summed E-state index contributed by atoms with van der Waals surface area (Å²) in [5.41, 5.74) is 6.49. The molecule has 1 aromatic rings. The second-order valence-electron chi connectivity index (χ2n) is 2.92. The zero-order chi connectivity index (χ0) is 8.81. The molecule has 0 amide bonds. The smallest absolute Gasteiger partial charge is 0.0592 e. The lowest BCUT2D eigenvalue weighted by Gasteiger charge is -2.08. The van der Waals surface area contributed by atoms with Crippen LogP contribution in [0.2, 0.25) is 0 Å². The summed E-state index contributed by atoms with van der Waals surface area (Å²) in [6, 6.07) is 9.95. The largest absolute Gasteiger partial charge is 0.393 e. The second kappa shape index (κ2) is 4.91. The van der Waals surface area contributed by atoms with Crippen molar-refractivity contribution in [2.45, 2.75) is 18.9 Å². The molecule has 0 saturated carbocycles. The molecule has 0 aromatic heterocycles. The molecular weight excluding hydrogens is 150 g/mol. The topological polar surface area (TPSA) is 46.2 Å². The highest BCUT2D eigenvalue weighted by Gasteiger charge is 2.02. The molecule has 0 aliphatic heterocycles. The summed E-state index contributed by atoms with van der Waals surface area (Å²) in [5.74, 6) is 0. The number of rotatable bonds is 4. The Bertz CT molecular complexity index is 210. The number of benzene rings is 1. The normalized spacial score (nSPS) is 12.8. The zero-order valence-corrected chi connectivity index (χ0v) is 7.11. The van der Waals surface area contributed by atoms with Gasteiger partial charge in [0.15, 0.2) is 0 Å². The third-order valence-electron chi connectivity index (χ3n) is 1.81. The Kier molecular flexibility index (Phi) is 3.77. The van der Waals surface area contributed by atoms with Crippen LogP contribution in [0.4, 0.5) is 0 Å². The Morgan fingerprint density at radius 1 is 1.25 bits per heavy atom. The SMILES string of the molecule is NCCC(O)Cc1ccccc1. The van der Waals surface area contributed by atoms with Crippen molar-refractivity contribution in [1.82, 2.24) is 0 Å². The van der Waals surface area contributed by atoms with Gasteiger partial charge in [0, 0.05) is 0 Å². The lowest BCUT2D eigenvalue weighted by molar-refractivity contribution is 0.167. The van der Waals surface area contributed by atoms with E-state index in [1.54, 1.807) is 0 Å². The van der Waals surface area contributed by atoms with Crippen LogP contribution >= 0.6 is 0 Å². The van der Waals surface area contributed by atoms with Crippen molar-refractivity contribution >= 4 is 0 Å². The third kappa shape index (κ3) is 3.03. The van der Waals surface area contributed by atoms with Gasteiger partial charge in [-0.25, -0.2) is 0 Å². The predicted octanol–water partition coefficient (Wildman–Crippen LogP) is 0.939. The van der Waals surface area contributed by atoms with Gasteiger partial charge >= 0.3 is 0 Å². The number of hydrogen-bond acceptors (Lipinski definition) is 2. The van der Waals surface area contributed by atoms with Crippen molar-refractivity contribution in [2.24, 2.45) is 5.73 Å². The minimum atomic E-state index is -0.294. The maximum atomic E-state index is 9.42. The summed E-state index contributed by atoms with van der Waals surface area (Å²) in [6.45, 7) is 0.550. The molecule has 0 aliphatic carbocycles. The van der Waals surface area contributed by atoms with E-state index in [1.807, 2.05) is 30.3 Å². The highest BCUT2D eigenvalue weighted by atomic mass is 16.3. The van der Waals surface area contributed by atoms with E-state index in [0.717, 1.165) is 0 Å². The second-order valence-corrected chi connectivity index (χ2v) is 2.92. The fourth-order valence-corrected chi connectivity index (χ4v) is 1.18. The van der Waals surface area contributed by atoms with Crippen LogP contribution < -0.4 is 5.73 Å². The molecule has 0 heterocycles. The van der Waals surface area contributed by atoms with Crippen LogP contribution in [-0.2, 0) is 6.42 Å². The first-order valence-corrected chi connectivity index (χ1v) is 4.25. The molecule has 66 valence electrons. The van der Waals surface area contributed by atoms with Crippen molar-refractivity contribution in [3.05, 3.63) is 35.9 Å². The summed E-state index contributed by atoms with van der Waals surface area (Å²) in [5, 5.41) is 9.42. The standard InChI is InChI=1S/C10H15NO/c11-7-6-10(12)8-9-4-2-1-3-5-9/h1-5,10,12H,6-8,11H2. The zero-order valence-electron chi connectivity index (χ0n) is 7.11. The van der Waals surface area contributed by atoms with Crippen LogP contribution in [-0.4, -0.2) is 17.8 Å². The van der Waals surface area contributed by atoms with Crippen molar-refractivity contribution in [3.63, 3.8) is 0 Å². The van der Waals surface area contributed by atoms with Crippen LogP contribution in [0.15, 0.2) is 30.3 Å². The lowest BCUT2D eigenvalue weighted by Crippen LogP contribution is -2.15. The summed E-state index contributed by atoms with van der Waals surface area (Å²) >= 11 is 0. The number of aliphatic hydroxyl groups excluding tert-OH is 1. The molecule has 0 aliphatic rings. The average Bonchev–Trinajstić information content (AvgIpc) is 2.06. The highest BCUT2D eigenvalue weighted by molar-refractivity contribution is 5.15. The predicted molar refractivity (Wildman–Crippen MR) is 49.8 cm³/mol. The Balaban J connectivity index is 2.41. The van der Waals surface area contributed by atoms with E-state index in [-0.39, 0.29) is 6.10 Å². The summed E-state index contributed by atoms with van der Waals surface area (Å²) in [6.07, 6.45) is 1.09. The summed E-state index contributed by atoms with van der Waals surface area (Å²) < 4.78 is 0. The minimum absolute atomic E-state index is 0.294. The summed E-state index contributed by atoms with van der Waals surface area (Å²) in [4.78, 5) is 0. The van der Waals surface area contributed by atoms with Gasteiger partial charge in [0.1, 0.15) is 0 Å². The van der Waals surface area contributed by atoms with Crippen molar-refractivity contribution < 1.29 is 5.11 Å². The molecule has 0 spiro atoms. The van der Waals surface area contributed by atoms with Gasteiger partial charge in [-0.05, 0) is 24.9 Å². The minimum Gasteiger partial charge on any atom is -0.393 e. The van der Waals surface area contributed by atoms with E-state index in [4.69, 9.17) is 5.73 Å². The van der Waals surface area contributed by atoms with Crippen LogP contribution in [0.3, 0.4) is 0 Å². The molecule has 0 saturated heterocycles. The molecule has 0 radical (unpaired) electrons. The van der Waals surface area contributed by atoms with E-state index in [9.17, 15) is 5.11 Å². The molecule has 0 fully saturated rings. The Morgan fingerprint density at radius 3 is 2.50 bits per heavy atom.